The Bertz CT molecular complexity index is 571. The first-order chi connectivity index (χ1) is 11.2. The zero-order valence-corrected chi connectivity index (χ0v) is 16.0. The molecule has 0 saturated carbocycles. The second kappa shape index (κ2) is 7.85. The highest BCUT2D eigenvalue weighted by Crippen LogP contribution is 2.35. The highest BCUT2D eigenvalue weighted by atomic mass is 35.5. The van der Waals surface area contributed by atoms with Crippen molar-refractivity contribution in [2.24, 2.45) is 5.92 Å². The first-order valence-electron chi connectivity index (χ1n) is 8.72. The van der Waals surface area contributed by atoms with E-state index in [9.17, 15) is 4.79 Å². The van der Waals surface area contributed by atoms with E-state index in [1.807, 2.05) is 24.3 Å². The molecule has 24 heavy (non-hydrogen) atoms. The number of hydrogen-bond acceptors (Lipinski definition) is 3. The van der Waals surface area contributed by atoms with Gasteiger partial charge in [-0.25, -0.2) is 0 Å². The van der Waals surface area contributed by atoms with E-state index in [2.05, 4.69) is 43.6 Å². The lowest BCUT2D eigenvalue weighted by Crippen LogP contribution is -2.48. The number of carbonyl (C=O) groups excluding carboxylic acids is 1. The van der Waals surface area contributed by atoms with Crippen LogP contribution in [0.3, 0.4) is 0 Å². The molecule has 1 amide bonds. The van der Waals surface area contributed by atoms with E-state index in [0.717, 1.165) is 36.5 Å². The van der Waals surface area contributed by atoms with Crippen LogP contribution >= 0.6 is 11.6 Å². The second-order valence-electron chi connectivity index (χ2n) is 7.90. The molecule has 0 radical (unpaired) electrons. The largest absolute Gasteiger partial charge is 0.356 e. The Morgan fingerprint density at radius 3 is 2.58 bits per heavy atom. The van der Waals surface area contributed by atoms with Gasteiger partial charge in [0.15, 0.2) is 0 Å². The lowest BCUT2D eigenvalue weighted by atomic mass is 9.86. The van der Waals surface area contributed by atoms with Crippen LogP contribution in [0.15, 0.2) is 24.3 Å². The monoisotopic (exact) mass is 351 g/mol. The van der Waals surface area contributed by atoms with Gasteiger partial charge < -0.3 is 16.0 Å². The summed E-state index contributed by atoms with van der Waals surface area (Å²) in [5.74, 6) is 0.174. The number of nitrogens with one attached hydrogen (secondary N) is 3. The van der Waals surface area contributed by atoms with Gasteiger partial charge >= 0.3 is 0 Å². The molecule has 5 heteroatoms. The van der Waals surface area contributed by atoms with Gasteiger partial charge in [-0.2, -0.15) is 0 Å². The van der Waals surface area contributed by atoms with Gasteiger partial charge in [0.05, 0.1) is 5.92 Å². The van der Waals surface area contributed by atoms with Crippen molar-refractivity contribution in [1.82, 2.24) is 16.0 Å². The van der Waals surface area contributed by atoms with Crippen LogP contribution < -0.4 is 16.0 Å². The molecule has 1 aliphatic rings. The number of amides is 1. The Morgan fingerprint density at radius 1 is 1.25 bits per heavy atom. The molecule has 0 aliphatic carbocycles. The quantitative estimate of drug-likeness (QED) is 0.662. The van der Waals surface area contributed by atoms with Crippen molar-refractivity contribution in [1.29, 1.82) is 0 Å². The van der Waals surface area contributed by atoms with Gasteiger partial charge in [-0.3, -0.25) is 4.79 Å². The number of carbonyl (C=O) groups is 1. The molecule has 134 valence electrons. The van der Waals surface area contributed by atoms with Crippen molar-refractivity contribution in [3.8, 4) is 0 Å². The van der Waals surface area contributed by atoms with Gasteiger partial charge in [0, 0.05) is 29.2 Å². The van der Waals surface area contributed by atoms with Crippen LogP contribution in [0.5, 0.6) is 0 Å². The summed E-state index contributed by atoms with van der Waals surface area (Å²) in [4.78, 5) is 12.5. The maximum absolute atomic E-state index is 12.5. The SMILES string of the molecule is CC1(C)CC(C(=O)NCCCNCc2ccccc2Cl)C(C)(C)N1. The minimum atomic E-state index is -0.157. The van der Waals surface area contributed by atoms with Gasteiger partial charge in [-0.05, 0) is 58.7 Å². The van der Waals surface area contributed by atoms with Crippen LogP contribution in [0.1, 0.15) is 46.1 Å². The first kappa shape index (κ1) is 19.2. The standard InChI is InChI=1S/C19H30ClN3O/c1-18(2)12-15(19(3,4)23-18)17(24)22-11-7-10-21-13-14-8-5-6-9-16(14)20/h5-6,8-9,15,21,23H,7,10-13H2,1-4H3,(H,22,24). The van der Waals surface area contributed by atoms with Gasteiger partial charge in [0.2, 0.25) is 5.91 Å². The second-order valence-corrected chi connectivity index (χ2v) is 8.31. The molecule has 1 aromatic carbocycles. The molecule has 3 N–H and O–H groups in total. The third-order valence-corrected chi connectivity index (χ3v) is 5.03. The Hall–Kier alpha value is -1.10. The molecule has 1 unspecified atom stereocenters. The molecule has 1 fully saturated rings. The number of halogens is 1. The summed E-state index contributed by atoms with van der Waals surface area (Å²) >= 11 is 6.13. The highest BCUT2D eigenvalue weighted by Gasteiger charge is 2.47. The summed E-state index contributed by atoms with van der Waals surface area (Å²) in [6.45, 7) is 10.8. The molecular weight excluding hydrogens is 322 g/mol. The number of rotatable bonds is 7. The van der Waals surface area contributed by atoms with Crippen molar-refractivity contribution in [3.05, 3.63) is 34.9 Å². The summed E-state index contributed by atoms with van der Waals surface area (Å²) in [6.07, 6.45) is 1.77. The third kappa shape index (κ3) is 5.20. The van der Waals surface area contributed by atoms with E-state index in [1.54, 1.807) is 0 Å². The smallest absolute Gasteiger partial charge is 0.225 e. The fourth-order valence-corrected chi connectivity index (χ4v) is 3.81. The summed E-state index contributed by atoms with van der Waals surface area (Å²) < 4.78 is 0. The van der Waals surface area contributed by atoms with Gasteiger partial charge in [-0.1, -0.05) is 29.8 Å². The minimum absolute atomic E-state index is 0.0159. The average Bonchev–Trinajstić information content (AvgIpc) is 2.72. The molecule has 1 aliphatic heterocycles. The predicted octanol–water partition coefficient (Wildman–Crippen LogP) is 3.10. The zero-order chi connectivity index (χ0) is 17.8. The molecule has 0 spiro atoms. The van der Waals surface area contributed by atoms with E-state index in [-0.39, 0.29) is 22.9 Å². The van der Waals surface area contributed by atoms with Gasteiger partial charge in [0.1, 0.15) is 0 Å². The molecule has 1 saturated heterocycles. The lowest BCUT2D eigenvalue weighted by molar-refractivity contribution is -0.126. The topological polar surface area (TPSA) is 53.2 Å². The van der Waals surface area contributed by atoms with Crippen molar-refractivity contribution < 1.29 is 4.79 Å². The van der Waals surface area contributed by atoms with E-state index in [4.69, 9.17) is 11.6 Å². The van der Waals surface area contributed by atoms with Crippen LogP contribution in [-0.4, -0.2) is 30.1 Å². The molecule has 0 aromatic heterocycles. The number of hydrogen-bond donors (Lipinski definition) is 3. The Kier molecular flexibility index (Phi) is 6.29. The van der Waals surface area contributed by atoms with E-state index >= 15 is 0 Å². The van der Waals surface area contributed by atoms with Gasteiger partial charge in [0.25, 0.3) is 0 Å². The molecule has 2 rings (SSSR count). The number of benzene rings is 1. The summed E-state index contributed by atoms with van der Waals surface area (Å²) in [6, 6.07) is 7.84. The van der Waals surface area contributed by atoms with Crippen LogP contribution in [0.2, 0.25) is 5.02 Å². The van der Waals surface area contributed by atoms with E-state index < -0.39 is 0 Å². The van der Waals surface area contributed by atoms with Crippen molar-refractivity contribution >= 4 is 17.5 Å². The molecular formula is C19H30ClN3O. The Balaban J connectivity index is 1.66. The van der Waals surface area contributed by atoms with E-state index in [0.29, 0.717) is 6.54 Å². The Morgan fingerprint density at radius 2 is 1.96 bits per heavy atom. The molecule has 1 atom stereocenters. The minimum Gasteiger partial charge on any atom is -0.356 e. The van der Waals surface area contributed by atoms with Gasteiger partial charge in [-0.15, -0.1) is 0 Å². The average molecular weight is 352 g/mol. The maximum Gasteiger partial charge on any atom is 0.225 e. The molecule has 0 bridgehead atoms. The fraction of sp³-hybridized carbons (Fsp3) is 0.632. The molecule has 1 aromatic rings. The van der Waals surface area contributed by atoms with Crippen molar-refractivity contribution in [2.75, 3.05) is 13.1 Å². The third-order valence-electron chi connectivity index (χ3n) is 4.67. The first-order valence-corrected chi connectivity index (χ1v) is 9.10. The normalized spacial score (nSPS) is 21.6. The predicted molar refractivity (Wildman–Crippen MR) is 100 cm³/mol. The van der Waals surface area contributed by atoms with Crippen molar-refractivity contribution in [3.63, 3.8) is 0 Å². The fourth-order valence-electron chi connectivity index (χ4n) is 3.61. The Labute approximate surface area is 150 Å². The van der Waals surface area contributed by atoms with E-state index in [1.165, 1.54) is 0 Å². The summed E-state index contributed by atoms with van der Waals surface area (Å²) in [5.41, 5.74) is 0.960. The molecule has 1 heterocycles. The lowest BCUT2D eigenvalue weighted by Gasteiger charge is -2.27. The van der Waals surface area contributed by atoms with Crippen molar-refractivity contribution in [2.45, 2.75) is 58.2 Å². The maximum atomic E-state index is 12.5. The van der Waals surface area contributed by atoms with Crippen LogP contribution in [-0.2, 0) is 11.3 Å². The van der Waals surface area contributed by atoms with Crippen LogP contribution in [0.4, 0.5) is 0 Å². The summed E-state index contributed by atoms with van der Waals surface area (Å²) in [5, 5.41) is 10.8. The zero-order valence-electron chi connectivity index (χ0n) is 15.2. The highest BCUT2D eigenvalue weighted by molar-refractivity contribution is 6.31. The van der Waals surface area contributed by atoms with Crippen LogP contribution in [0, 0.1) is 5.92 Å². The molecule has 4 nitrogen and oxygen atoms in total. The summed E-state index contributed by atoms with van der Waals surface area (Å²) in [7, 11) is 0. The van der Waals surface area contributed by atoms with Crippen LogP contribution in [0.25, 0.3) is 0 Å².